The fourth-order valence-electron chi connectivity index (χ4n) is 0.439. The lowest BCUT2D eigenvalue weighted by atomic mass is 10.4. The number of hydrogen-bond donors (Lipinski definition) is 2. The van der Waals surface area contributed by atoms with E-state index in [9.17, 15) is 0 Å². The highest BCUT2D eigenvalue weighted by Crippen LogP contribution is 2.20. The molecule has 0 saturated carbocycles. The Morgan fingerprint density at radius 3 is 1.75 bits per heavy atom. The Kier molecular flexibility index (Phi) is 7.03. The number of carbonyl (C=O) groups is 1. The predicted molar refractivity (Wildman–Crippen MR) is 55.2 cm³/mol. The van der Waals surface area contributed by atoms with Crippen LogP contribution in [-0.4, -0.2) is 6.41 Å². The molecule has 0 saturated heterocycles. The van der Waals surface area contributed by atoms with Gasteiger partial charge in [-0.15, -0.1) is 0 Å². The van der Waals surface area contributed by atoms with Crippen LogP contribution in [0.1, 0.15) is 0 Å². The summed E-state index contributed by atoms with van der Waals surface area (Å²) in [4.78, 5) is 8.94. The summed E-state index contributed by atoms with van der Waals surface area (Å²) in [6.45, 7) is 0. The van der Waals surface area contributed by atoms with Gasteiger partial charge in [-0.25, -0.2) is 5.84 Å². The summed E-state index contributed by atoms with van der Waals surface area (Å²) in [6.07, 6.45) is 0.403. The monoisotopic (exact) mass is 294 g/mol. The highest BCUT2D eigenvalue weighted by molar-refractivity contribution is 9.13. The highest BCUT2D eigenvalue weighted by Gasteiger charge is 1.88. The summed E-state index contributed by atoms with van der Waals surface area (Å²) in [5.74, 6) is 4.41. The van der Waals surface area contributed by atoms with E-state index in [1.165, 1.54) is 0 Å². The lowest BCUT2D eigenvalue weighted by Gasteiger charge is -1.89. The molecule has 0 bridgehead atoms. The van der Waals surface area contributed by atoms with Crippen LogP contribution in [0.3, 0.4) is 0 Å². The lowest BCUT2D eigenvalue weighted by Crippen LogP contribution is -2.18. The summed E-state index contributed by atoms with van der Waals surface area (Å²) < 4.78 is 2.19. The SMILES string of the molecule is Brc1ccccc1Br.NNC=O. The van der Waals surface area contributed by atoms with Crippen molar-refractivity contribution in [3.05, 3.63) is 33.2 Å². The van der Waals surface area contributed by atoms with Gasteiger partial charge in [0.2, 0.25) is 6.41 Å². The second kappa shape index (κ2) is 7.27. The summed E-state index contributed by atoms with van der Waals surface area (Å²) in [6, 6.07) is 7.94. The molecule has 1 rings (SSSR count). The molecule has 0 atom stereocenters. The van der Waals surface area contributed by atoms with Crippen LogP contribution < -0.4 is 11.3 Å². The van der Waals surface area contributed by atoms with Crippen LogP contribution in [0.25, 0.3) is 0 Å². The number of carbonyl (C=O) groups excluding carboxylic acids is 1. The zero-order chi connectivity index (χ0) is 9.40. The van der Waals surface area contributed by atoms with Crippen LogP contribution in [0, 0.1) is 0 Å². The van der Waals surface area contributed by atoms with Crippen molar-refractivity contribution >= 4 is 38.3 Å². The standard InChI is InChI=1S/C6H4Br2.CH4N2O/c7-5-3-1-2-4-6(5)8;2-3-1-4/h1-4H;1H,2H2,(H,3,4). The quantitative estimate of drug-likeness (QED) is 0.359. The number of halogens is 2. The van der Waals surface area contributed by atoms with E-state index in [4.69, 9.17) is 4.79 Å². The number of benzene rings is 1. The van der Waals surface area contributed by atoms with E-state index in [0.717, 1.165) is 8.95 Å². The first-order valence-corrected chi connectivity index (χ1v) is 4.60. The predicted octanol–water partition coefficient (Wildman–Crippen LogP) is 1.82. The maximum atomic E-state index is 8.94. The van der Waals surface area contributed by atoms with Crippen molar-refractivity contribution < 1.29 is 4.79 Å². The molecule has 3 N–H and O–H groups in total. The number of nitrogens with one attached hydrogen (secondary N) is 1. The van der Waals surface area contributed by atoms with Crippen LogP contribution in [0.2, 0.25) is 0 Å². The van der Waals surface area contributed by atoms with Crippen LogP contribution in [-0.2, 0) is 4.79 Å². The molecular weight excluding hydrogens is 288 g/mol. The van der Waals surface area contributed by atoms with Crippen molar-refractivity contribution in [2.45, 2.75) is 0 Å². The summed E-state index contributed by atoms with van der Waals surface area (Å²) >= 11 is 6.70. The first-order valence-electron chi connectivity index (χ1n) is 3.02. The average molecular weight is 296 g/mol. The van der Waals surface area contributed by atoms with E-state index in [-0.39, 0.29) is 0 Å². The fourth-order valence-corrected chi connectivity index (χ4v) is 1.01. The molecule has 1 aromatic rings. The third-order valence-corrected chi connectivity index (χ3v) is 2.81. The van der Waals surface area contributed by atoms with Gasteiger partial charge in [-0.1, -0.05) is 12.1 Å². The van der Waals surface area contributed by atoms with Gasteiger partial charge in [0.05, 0.1) is 0 Å². The first-order chi connectivity index (χ1) is 5.72. The second-order valence-electron chi connectivity index (χ2n) is 1.70. The maximum absolute atomic E-state index is 8.94. The Morgan fingerprint density at radius 1 is 1.25 bits per heavy atom. The van der Waals surface area contributed by atoms with Crippen molar-refractivity contribution in [2.75, 3.05) is 0 Å². The van der Waals surface area contributed by atoms with Crippen LogP contribution >= 0.6 is 31.9 Å². The maximum Gasteiger partial charge on any atom is 0.221 e. The van der Waals surface area contributed by atoms with E-state index in [1.807, 2.05) is 24.3 Å². The molecule has 0 aliphatic rings. The average Bonchev–Trinajstić information content (AvgIpc) is 2.11. The molecule has 0 heterocycles. The molecule has 0 aliphatic carbocycles. The van der Waals surface area contributed by atoms with E-state index >= 15 is 0 Å². The number of amides is 1. The minimum absolute atomic E-state index is 0.403. The molecule has 1 amide bonds. The molecular formula is C7H8Br2N2O. The Hall–Kier alpha value is -0.390. The van der Waals surface area contributed by atoms with Crippen molar-refractivity contribution in [2.24, 2.45) is 5.84 Å². The van der Waals surface area contributed by atoms with E-state index in [0.29, 0.717) is 6.41 Å². The van der Waals surface area contributed by atoms with Crippen molar-refractivity contribution in [3.63, 3.8) is 0 Å². The van der Waals surface area contributed by atoms with Gasteiger partial charge in [0.15, 0.2) is 0 Å². The largest absolute Gasteiger partial charge is 0.297 e. The van der Waals surface area contributed by atoms with Crippen LogP contribution in [0.4, 0.5) is 0 Å². The van der Waals surface area contributed by atoms with Gasteiger partial charge < -0.3 is 0 Å². The van der Waals surface area contributed by atoms with Gasteiger partial charge in [0, 0.05) is 8.95 Å². The Balaban J connectivity index is 0.000000261. The smallest absolute Gasteiger partial charge is 0.221 e. The molecule has 1 aromatic carbocycles. The van der Waals surface area contributed by atoms with Gasteiger partial charge in [0.1, 0.15) is 0 Å². The molecule has 0 aromatic heterocycles. The fraction of sp³-hybridized carbons (Fsp3) is 0. The zero-order valence-electron chi connectivity index (χ0n) is 6.13. The second-order valence-corrected chi connectivity index (χ2v) is 3.41. The van der Waals surface area contributed by atoms with E-state index in [1.54, 1.807) is 5.43 Å². The third-order valence-electron chi connectivity index (χ3n) is 0.892. The number of hydrazine groups is 1. The van der Waals surface area contributed by atoms with Gasteiger partial charge in [-0.3, -0.25) is 10.2 Å². The number of rotatable bonds is 1. The molecule has 5 heteroatoms. The topological polar surface area (TPSA) is 55.1 Å². The van der Waals surface area contributed by atoms with Crippen LogP contribution in [0.15, 0.2) is 33.2 Å². The van der Waals surface area contributed by atoms with Crippen LogP contribution in [0.5, 0.6) is 0 Å². The number of hydrogen-bond acceptors (Lipinski definition) is 2. The van der Waals surface area contributed by atoms with Gasteiger partial charge >= 0.3 is 0 Å². The Bertz CT molecular complexity index is 222. The van der Waals surface area contributed by atoms with Crippen molar-refractivity contribution in [1.29, 1.82) is 0 Å². The van der Waals surface area contributed by atoms with Crippen molar-refractivity contribution in [3.8, 4) is 0 Å². The van der Waals surface area contributed by atoms with Gasteiger partial charge in [0.25, 0.3) is 0 Å². The highest BCUT2D eigenvalue weighted by atomic mass is 79.9. The molecule has 66 valence electrons. The molecule has 0 unspecified atom stereocenters. The summed E-state index contributed by atoms with van der Waals surface area (Å²) in [7, 11) is 0. The Morgan fingerprint density at radius 2 is 1.58 bits per heavy atom. The summed E-state index contributed by atoms with van der Waals surface area (Å²) in [5, 5.41) is 0. The summed E-state index contributed by atoms with van der Waals surface area (Å²) in [5.41, 5.74) is 1.75. The number of nitrogens with two attached hydrogens (primary N) is 1. The first kappa shape index (κ1) is 11.6. The molecule has 0 aliphatic heterocycles. The minimum atomic E-state index is 0.403. The van der Waals surface area contributed by atoms with Crippen molar-refractivity contribution in [1.82, 2.24) is 5.43 Å². The molecule has 0 spiro atoms. The van der Waals surface area contributed by atoms with E-state index < -0.39 is 0 Å². The minimum Gasteiger partial charge on any atom is -0.297 e. The van der Waals surface area contributed by atoms with Gasteiger partial charge in [-0.2, -0.15) is 0 Å². The van der Waals surface area contributed by atoms with E-state index in [2.05, 4.69) is 37.7 Å². The molecule has 0 fully saturated rings. The molecule has 0 radical (unpaired) electrons. The third kappa shape index (κ3) is 5.29. The zero-order valence-corrected chi connectivity index (χ0v) is 9.30. The normalized spacial score (nSPS) is 7.92. The Labute approximate surface area is 87.6 Å². The molecule has 3 nitrogen and oxygen atoms in total. The lowest BCUT2D eigenvalue weighted by molar-refractivity contribution is -0.109. The molecule has 12 heavy (non-hydrogen) atoms. The van der Waals surface area contributed by atoms with Gasteiger partial charge in [-0.05, 0) is 44.0 Å².